The third kappa shape index (κ3) is 6.49. The molecule has 0 saturated carbocycles. The molecule has 1 aromatic carbocycles. The van der Waals surface area contributed by atoms with E-state index >= 15 is 0 Å². The molecule has 0 radical (unpaired) electrons. The normalized spacial score (nSPS) is 12.4. The van der Waals surface area contributed by atoms with Crippen LogP contribution in [0.25, 0.3) is 0 Å². The summed E-state index contributed by atoms with van der Waals surface area (Å²) in [5.74, 6) is 0.913. The third-order valence-electron chi connectivity index (χ3n) is 3.71. The molecule has 0 amide bonds. The molecule has 21 heavy (non-hydrogen) atoms. The van der Waals surface area contributed by atoms with Gasteiger partial charge < -0.3 is 14.8 Å². The van der Waals surface area contributed by atoms with Gasteiger partial charge in [0.1, 0.15) is 5.75 Å². The third-order valence-corrected chi connectivity index (χ3v) is 3.71. The Hall–Kier alpha value is -1.06. The van der Waals surface area contributed by atoms with Crippen molar-refractivity contribution >= 4 is 0 Å². The van der Waals surface area contributed by atoms with Gasteiger partial charge in [0, 0.05) is 18.2 Å². The van der Waals surface area contributed by atoms with E-state index in [1.54, 1.807) is 7.11 Å². The molecule has 3 heteroatoms. The Morgan fingerprint density at radius 3 is 2.62 bits per heavy atom. The minimum absolute atomic E-state index is 0.351. The molecule has 1 atom stereocenters. The summed E-state index contributed by atoms with van der Waals surface area (Å²) in [6.07, 6.45) is 4.95. The van der Waals surface area contributed by atoms with Crippen LogP contribution < -0.4 is 10.1 Å². The van der Waals surface area contributed by atoms with Gasteiger partial charge in [-0.25, -0.2) is 0 Å². The molecule has 1 N–H and O–H groups in total. The number of ether oxygens (including phenoxy) is 2. The van der Waals surface area contributed by atoms with Crippen molar-refractivity contribution in [2.45, 2.75) is 59.1 Å². The highest BCUT2D eigenvalue weighted by atomic mass is 16.5. The van der Waals surface area contributed by atoms with E-state index in [-0.39, 0.29) is 0 Å². The van der Waals surface area contributed by atoms with Crippen LogP contribution in [0.2, 0.25) is 0 Å². The number of rotatable bonds is 11. The van der Waals surface area contributed by atoms with Crippen LogP contribution in [0.1, 0.15) is 63.6 Å². The molecule has 0 spiro atoms. The first kappa shape index (κ1) is 18.0. The van der Waals surface area contributed by atoms with Crippen molar-refractivity contribution in [2.75, 3.05) is 20.3 Å². The fraction of sp³-hybridized carbons (Fsp3) is 0.667. The Morgan fingerprint density at radius 1 is 1.14 bits per heavy atom. The summed E-state index contributed by atoms with van der Waals surface area (Å²) >= 11 is 0. The summed E-state index contributed by atoms with van der Waals surface area (Å²) in [6.45, 7) is 8.96. The zero-order valence-corrected chi connectivity index (χ0v) is 14.1. The Morgan fingerprint density at radius 2 is 1.95 bits per heavy atom. The van der Waals surface area contributed by atoms with Gasteiger partial charge in [-0.15, -0.1) is 0 Å². The Kier molecular flexibility index (Phi) is 9.11. The van der Waals surface area contributed by atoms with Crippen LogP contribution >= 0.6 is 0 Å². The molecule has 0 aromatic heterocycles. The first-order chi connectivity index (χ1) is 10.2. The summed E-state index contributed by atoms with van der Waals surface area (Å²) in [5, 5.41) is 3.44. The number of unbranched alkanes of at least 4 members (excludes halogenated alkanes) is 3. The Balaban J connectivity index is 2.55. The second-order valence-corrected chi connectivity index (χ2v) is 5.46. The molecule has 0 aliphatic rings. The summed E-state index contributed by atoms with van der Waals surface area (Å²) in [5.41, 5.74) is 2.41. The quantitative estimate of drug-likeness (QED) is 0.611. The van der Waals surface area contributed by atoms with E-state index in [2.05, 4.69) is 38.2 Å². The van der Waals surface area contributed by atoms with Crippen molar-refractivity contribution < 1.29 is 9.47 Å². The molecular weight excluding hydrogens is 262 g/mol. The fourth-order valence-electron chi connectivity index (χ4n) is 2.42. The molecule has 0 fully saturated rings. The standard InChI is InChI=1S/C18H31NO2/c1-5-7-8-9-12-21-14-17-13-16(15(3)19-6-2)10-11-18(17)20-4/h10-11,13,15,19H,5-9,12,14H2,1-4H3. The minimum atomic E-state index is 0.351. The van der Waals surface area contributed by atoms with E-state index < -0.39 is 0 Å². The maximum atomic E-state index is 5.80. The van der Waals surface area contributed by atoms with Gasteiger partial charge in [-0.05, 0) is 37.6 Å². The maximum absolute atomic E-state index is 5.80. The molecular formula is C18H31NO2. The molecule has 0 bridgehead atoms. The average Bonchev–Trinajstić information content (AvgIpc) is 2.50. The molecule has 1 rings (SSSR count). The monoisotopic (exact) mass is 293 g/mol. The van der Waals surface area contributed by atoms with E-state index in [1.165, 1.54) is 24.8 Å². The number of hydrogen-bond donors (Lipinski definition) is 1. The first-order valence-electron chi connectivity index (χ1n) is 8.20. The van der Waals surface area contributed by atoms with Crippen molar-refractivity contribution in [1.82, 2.24) is 5.32 Å². The van der Waals surface area contributed by atoms with Crippen LogP contribution in [0.5, 0.6) is 5.75 Å². The minimum Gasteiger partial charge on any atom is -0.496 e. The summed E-state index contributed by atoms with van der Waals surface area (Å²) < 4.78 is 11.2. The van der Waals surface area contributed by atoms with Gasteiger partial charge in [0.05, 0.1) is 13.7 Å². The number of hydrogen-bond acceptors (Lipinski definition) is 3. The lowest BCUT2D eigenvalue weighted by Crippen LogP contribution is -2.17. The lowest BCUT2D eigenvalue weighted by Gasteiger charge is -2.16. The molecule has 1 aromatic rings. The van der Waals surface area contributed by atoms with Crippen LogP contribution in [0, 0.1) is 0 Å². The van der Waals surface area contributed by atoms with Crippen molar-refractivity contribution in [2.24, 2.45) is 0 Å². The molecule has 0 aliphatic heterocycles. The van der Waals surface area contributed by atoms with Crippen LogP contribution in [-0.4, -0.2) is 20.3 Å². The van der Waals surface area contributed by atoms with Gasteiger partial charge in [-0.2, -0.15) is 0 Å². The predicted molar refractivity (Wildman–Crippen MR) is 88.9 cm³/mol. The molecule has 0 saturated heterocycles. The largest absolute Gasteiger partial charge is 0.496 e. The Bertz CT molecular complexity index is 393. The zero-order valence-electron chi connectivity index (χ0n) is 14.1. The van der Waals surface area contributed by atoms with Crippen molar-refractivity contribution in [1.29, 1.82) is 0 Å². The van der Waals surface area contributed by atoms with Crippen molar-refractivity contribution in [3.8, 4) is 5.75 Å². The van der Waals surface area contributed by atoms with E-state index in [1.807, 2.05) is 6.07 Å². The van der Waals surface area contributed by atoms with Crippen molar-refractivity contribution in [3.63, 3.8) is 0 Å². The summed E-state index contributed by atoms with van der Waals surface area (Å²) in [7, 11) is 1.72. The molecule has 0 heterocycles. The van der Waals surface area contributed by atoms with Gasteiger partial charge in [0.2, 0.25) is 0 Å². The molecule has 3 nitrogen and oxygen atoms in total. The van der Waals surface area contributed by atoms with Crippen molar-refractivity contribution in [3.05, 3.63) is 29.3 Å². The molecule has 1 unspecified atom stereocenters. The molecule has 0 aliphatic carbocycles. The zero-order chi connectivity index (χ0) is 15.5. The first-order valence-corrected chi connectivity index (χ1v) is 8.20. The van der Waals surface area contributed by atoms with Crippen LogP contribution in [0.15, 0.2) is 18.2 Å². The fourth-order valence-corrected chi connectivity index (χ4v) is 2.42. The lowest BCUT2D eigenvalue weighted by atomic mass is 10.0. The van der Waals surface area contributed by atoms with Gasteiger partial charge in [-0.3, -0.25) is 0 Å². The highest BCUT2D eigenvalue weighted by molar-refractivity contribution is 5.38. The second-order valence-electron chi connectivity index (χ2n) is 5.46. The topological polar surface area (TPSA) is 30.5 Å². The average molecular weight is 293 g/mol. The van der Waals surface area contributed by atoms with Crippen LogP contribution in [0.4, 0.5) is 0 Å². The van der Waals surface area contributed by atoms with Gasteiger partial charge in [-0.1, -0.05) is 39.2 Å². The van der Waals surface area contributed by atoms with Crippen LogP contribution in [0.3, 0.4) is 0 Å². The highest BCUT2D eigenvalue weighted by Gasteiger charge is 2.09. The SMILES string of the molecule is CCCCCCOCc1cc(C(C)NCC)ccc1OC. The van der Waals surface area contributed by atoms with Gasteiger partial charge in [0.15, 0.2) is 0 Å². The lowest BCUT2D eigenvalue weighted by molar-refractivity contribution is 0.115. The number of benzene rings is 1. The van der Waals surface area contributed by atoms with E-state index in [4.69, 9.17) is 9.47 Å². The van der Waals surface area contributed by atoms with E-state index in [0.29, 0.717) is 12.6 Å². The second kappa shape index (κ2) is 10.6. The number of nitrogens with one attached hydrogen (secondary N) is 1. The maximum Gasteiger partial charge on any atom is 0.124 e. The predicted octanol–water partition coefficient (Wildman–Crippen LogP) is 4.46. The van der Waals surface area contributed by atoms with Gasteiger partial charge >= 0.3 is 0 Å². The molecule has 120 valence electrons. The number of methoxy groups -OCH3 is 1. The summed E-state index contributed by atoms with van der Waals surface area (Å²) in [4.78, 5) is 0. The van der Waals surface area contributed by atoms with Crippen LogP contribution in [-0.2, 0) is 11.3 Å². The van der Waals surface area contributed by atoms with E-state index in [0.717, 1.165) is 30.9 Å². The van der Waals surface area contributed by atoms with E-state index in [9.17, 15) is 0 Å². The smallest absolute Gasteiger partial charge is 0.124 e. The Labute approximate surface area is 130 Å². The van der Waals surface area contributed by atoms with Gasteiger partial charge in [0.25, 0.3) is 0 Å². The summed E-state index contributed by atoms with van der Waals surface area (Å²) in [6, 6.07) is 6.71. The highest BCUT2D eigenvalue weighted by Crippen LogP contribution is 2.24.